The van der Waals surface area contributed by atoms with E-state index in [0.717, 1.165) is 0 Å². The van der Waals surface area contributed by atoms with E-state index < -0.39 is 56.3 Å². The van der Waals surface area contributed by atoms with Crippen LogP contribution < -0.4 is 16.0 Å². The summed E-state index contributed by atoms with van der Waals surface area (Å²) in [6, 6.07) is 0. The van der Waals surface area contributed by atoms with Crippen molar-refractivity contribution in [3.8, 4) is 0 Å². The third-order valence-electron chi connectivity index (χ3n) is 3.97. The number of aromatic nitrogens is 3. The normalized spacial score (nSPS) is 12.8. The van der Waals surface area contributed by atoms with Crippen molar-refractivity contribution in [3.63, 3.8) is 0 Å². The first-order valence-corrected chi connectivity index (χ1v) is 8.36. The van der Waals surface area contributed by atoms with Crippen molar-refractivity contribution in [1.29, 1.82) is 0 Å². The molecule has 0 bridgehead atoms. The number of hydrogen-bond acceptors (Lipinski definition) is 12. The Morgan fingerprint density at radius 1 is 0.519 bits per heavy atom. The van der Waals surface area contributed by atoms with E-state index in [1.54, 1.807) is 20.8 Å². The highest BCUT2D eigenvalue weighted by molar-refractivity contribution is 5.45. The molecular formula is C15H30N6O6. The molecule has 12 nitrogen and oxygen atoms in total. The molecular weight excluding hydrogens is 360 g/mol. The number of aliphatic hydroxyl groups excluding tert-OH is 6. The van der Waals surface area contributed by atoms with E-state index >= 15 is 0 Å². The third kappa shape index (κ3) is 6.37. The summed E-state index contributed by atoms with van der Waals surface area (Å²) < 4.78 is 0. The van der Waals surface area contributed by atoms with Gasteiger partial charge in [-0.1, -0.05) is 0 Å². The fraction of sp³-hybridized carbons (Fsp3) is 0.800. The van der Waals surface area contributed by atoms with Crippen LogP contribution in [-0.2, 0) is 0 Å². The van der Waals surface area contributed by atoms with Crippen LogP contribution in [0.5, 0.6) is 0 Å². The standard InChI is InChI=1S/C15H30N6O6/c1-13(4-22,5-23)19-10-16-11(20-14(2,6-24)7-25)18-12(17-10)21-15(3,8-26)9-27/h22-27H,4-9H2,1-3H3,(H3,16,17,18,19,20,21). The molecule has 1 heterocycles. The lowest BCUT2D eigenvalue weighted by Gasteiger charge is -2.30. The second-order valence-corrected chi connectivity index (χ2v) is 7.31. The van der Waals surface area contributed by atoms with Crippen molar-refractivity contribution in [2.45, 2.75) is 37.4 Å². The molecule has 1 aromatic rings. The van der Waals surface area contributed by atoms with Gasteiger partial charge in [-0.15, -0.1) is 0 Å². The highest BCUT2D eigenvalue weighted by atomic mass is 16.3. The average Bonchev–Trinajstić information content (AvgIpc) is 2.67. The van der Waals surface area contributed by atoms with Gasteiger partial charge in [0.2, 0.25) is 17.8 Å². The van der Waals surface area contributed by atoms with E-state index in [2.05, 4.69) is 30.9 Å². The molecule has 0 saturated carbocycles. The number of hydrogen-bond donors (Lipinski definition) is 9. The molecule has 0 unspecified atom stereocenters. The van der Waals surface area contributed by atoms with Gasteiger partial charge >= 0.3 is 0 Å². The summed E-state index contributed by atoms with van der Waals surface area (Å²) >= 11 is 0. The zero-order valence-corrected chi connectivity index (χ0v) is 15.8. The summed E-state index contributed by atoms with van der Waals surface area (Å²) in [5, 5.41) is 65.1. The molecule has 0 aromatic carbocycles. The zero-order chi connectivity index (χ0) is 20.7. The second-order valence-electron chi connectivity index (χ2n) is 7.31. The van der Waals surface area contributed by atoms with Crippen molar-refractivity contribution in [3.05, 3.63) is 0 Å². The summed E-state index contributed by atoms with van der Waals surface area (Å²) in [6.45, 7) is 2.21. The SMILES string of the molecule is CC(CO)(CO)Nc1nc(NC(C)(CO)CO)nc(NC(C)(CO)CO)n1. The van der Waals surface area contributed by atoms with Gasteiger partial charge in [-0.2, -0.15) is 15.0 Å². The second kappa shape index (κ2) is 9.39. The van der Waals surface area contributed by atoms with Crippen LogP contribution in [0.15, 0.2) is 0 Å². The summed E-state index contributed by atoms with van der Waals surface area (Å²) in [5.41, 5.74) is -3.36. The van der Waals surface area contributed by atoms with Gasteiger partial charge in [0.25, 0.3) is 0 Å². The predicted molar refractivity (Wildman–Crippen MR) is 98.4 cm³/mol. The van der Waals surface area contributed by atoms with E-state index in [9.17, 15) is 30.6 Å². The first kappa shape index (κ1) is 23.2. The highest BCUT2D eigenvalue weighted by Gasteiger charge is 2.28. The molecule has 1 aromatic heterocycles. The van der Waals surface area contributed by atoms with Gasteiger partial charge < -0.3 is 46.6 Å². The fourth-order valence-corrected chi connectivity index (χ4v) is 1.74. The Balaban J connectivity index is 3.29. The molecule has 12 heteroatoms. The van der Waals surface area contributed by atoms with E-state index in [0.29, 0.717) is 0 Å². The van der Waals surface area contributed by atoms with E-state index in [1.807, 2.05) is 0 Å². The van der Waals surface area contributed by atoms with Gasteiger partial charge in [0.15, 0.2) is 0 Å². The van der Waals surface area contributed by atoms with Crippen molar-refractivity contribution < 1.29 is 30.6 Å². The van der Waals surface area contributed by atoms with Crippen LogP contribution in [-0.4, -0.2) is 102 Å². The highest BCUT2D eigenvalue weighted by Crippen LogP contribution is 2.19. The van der Waals surface area contributed by atoms with Gasteiger partial charge in [0.05, 0.1) is 56.3 Å². The van der Waals surface area contributed by atoms with Gasteiger partial charge in [-0.05, 0) is 20.8 Å². The molecule has 9 N–H and O–H groups in total. The van der Waals surface area contributed by atoms with Crippen LogP contribution in [0.4, 0.5) is 17.8 Å². The van der Waals surface area contributed by atoms with E-state index in [1.165, 1.54) is 0 Å². The Morgan fingerprint density at radius 3 is 0.852 bits per heavy atom. The lowest BCUT2D eigenvalue weighted by atomic mass is 10.1. The predicted octanol–water partition coefficient (Wildman–Crippen LogP) is -2.66. The molecule has 0 aliphatic carbocycles. The van der Waals surface area contributed by atoms with Gasteiger partial charge in [0.1, 0.15) is 0 Å². The molecule has 0 spiro atoms. The minimum atomic E-state index is -1.12. The van der Waals surface area contributed by atoms with Gasteiger partial charge in [-0.3, -0.25) is 0 Å². The van der Waals surface area contributed by atoms with Crippen LogP contribution in [0, 0.1) is 0 Å². The summed E-state index contributed by atoms with van der Waals surface area (Å²) in [5.74, 6) is -0.0498. The molecule has 27 heavy (non-hydrogen) atoms. The maximum absolute atomic E-state index is 9.45. The monoisotopic (exact) mass is 390 g/mol. The minimum Gasteiger partial charge on any atom is -0.394 e. The quantitative estimate of drug-likeness (QED) is 0.180. The number of anilines is 3. The molecule has 0 fully saturated rings. The number of rotatable bonds is 12. The molecule has 0 atom stereocenters. The largest absolute Gasteiger partial charge is 0.394 e. The van der Waals surface area contributed by atoms with Crippen LogP contribution in [0.1, 0.15) is 20.8 Å². The maximum atomic E-state index is 9.45. The zero-order valence-electron chi connectivity index (χ0n) is 15.8. The number of nitrogens with one attached hydrogen (secondary N) is 3. The average molecular weight is 390 g/mol. The van der Waals surface area contributed by atoms with E-state index in [-0.39, 0.29) is 17.8 Å². The third-order valence-corrected chi connectivity index (χ3v) is 3.97. The Labute approximate surface area is 157 Å². The minimum absolute atomic E-state index is 0.0166. The molecule has 0 radical (unpaired) electrons. The van der Waals surface area contributed by atoms with Crippen molar-refractivity contribution in [2.24, 2.45) is 0 Å². The number of aliphatic hydroxyl groups is 6. The Morgan fingerprint density at radius 2 is 0.704 bits per heavy atom. The molecule has 1 rings (SSSR count). The Hall–Kier alpha value is -1.83. The summed E-state index contributed by atoms with van der Waals surface area (Å²) in [6.07, 6.45) is 0. The Kier molecular flexibility index (Phi) is 8.07. The van der Waals surface area contributed by atoms with E-state index in [4.69, 9.17) is 0 Å². The maximum Gasteiger partial charge on any atom is 0.229 e. The topological polar surface area (TPSA) is 196 Å². The van der Waals surface area contributed by atoms with Crippen molar-refractivity contribution in [2.75, 3.05) is 55.6 Å². The lowest BCUT2D eigenvalue weighted by Crippen LogP contribution is -2.45. The number of nitrogens with zero attached hydrogens (tertiary/aromatic N) is 3. The molecule has 0 amide bonds. The Bertz CT molecular complexity index is 499. The van der Waals surface area contributed by atoms with Gasteiger partial charge in [-0.25, -0.2) is 0 Å². The van der Waals surface area contributed by atoms with Crippen LogP contribution in [0.2, 0.25) is 0 Å². The fourth-order valence-electron chi connectivity index (χ4n) is 1.74. The van der Waals surface area contributed by atoms with Crippen molar-refractivity contribution >= 4 is 17.8 Å². The van der Waals surface area contributed by atoms with Crippen molar-refractivity contribution in [1.82, 2.24) is 15.0 Å². The van der Waals surface area contributed by atoms with Crippen LogP contribution in [0.25, 0.3) is 0 Å². The first-order chi connectivity index (χ1) is 12.6. The smallest absolute Gasteiger partial charge is 0.229 e. The van der Waals surface area contributed by atoms with Crippen LogP contribution in [0.3, 0.4) is 0 Å². The van der Waals surface area contributed by atoms with Crippen LogP contribution >= 0.6 is 0 Å². The van der Waals surface area contributed by atoms with Gasteiger partial charge in [0, 0.05) is 0 Å². The molecule has 0 saturated heterocycles. The lowest BCUT2D eigenvalue weighted by molar-refractivity contribution is 0.145. The summed E-state index contributed by atoms with van der Waals surface area (Å²) in [4.78, 5) is 12.4. The molecule has 156 valence electrons. The molecule has 0 aliphatic heterocycles. The summed E-state index contributed by atoms with van der Waals surface area (Å²) in [7, 11) is 0. The first-order valence-electron chi connectivity index (χ1n) is 8.36. The molecule has 0 aliphatic rings.